The molecule has 0 fully saturated rings. The summed E-state index contributed by atoms with van der Waals surface area (Å²) in [5.41, 5.74) is 0.923. The van der Waals surface area contributed by atoms with Crippen molar-refractivity contribution in [2.24, 2.45) is 0 Å². The summed E-state index contributed by atoms with van der Waals surface area (Å²) in [6.07, 6.45) is 2.19. The summed E-state index contributed by atoms with van der Waals surface area (Å²) in [7, 11) is 0. The Morgan fingerprint density at radius 3 is 2.81 bits per heavy atom. The third-order valence-electron chi connectivity index (χ3n) is 2.39. The molecule has 80 valence electrons. The number of nitrogens with zero attached hydrogens (tertiary/aromatic N) is 1. The maximum absolute atomic E-state index is 9.13. The van der Waals surface area contributed by atoms with Crippen molar-refractivity contribution in [3.05, 3.63) is 59.0 Å². The molecule has 2 aromatic rings. The van der Waals surface area contributed by atoms with Gasteiger partial charge in [-0.1, -0.05) is 23.7 Å². The van der Waals surface area contributed by atoms with E-state index in [-0.39, 0.29) is 5.92 Å². The Balaban J connectivity index is 2.21. The minimum absolute atomic E-state index is 0.218. The summed E-state index contributed by atoms with van der Waals surface area (Å²) in [4.78, 5) is 0. The van der Waals surface area contributed by atoms with E-state index in [0.29, 0.717) is 11.4 Å². The van der Waals surface area contributed by atoms with Crippen LogP contribution in [-0.2, 0) is 6.42 Å². The van der Waals surface area contributed by atoms with Gasteiger partial charge in [0.1, 0.15) is 5.76 Å². The van der Waals surface area contributed by atoms with Crippen LogP contribution >= 0.6 is 11.6 Å². The average Bonchev–Trinajstić information content (AvgIpc) is 2.78. The zero-order valence-corrected chi connectivity index (χ0v) is 9.32. The molecule has 2 nitrogen and oxygen atoms in total. The Labute approximate surface area is 99.1 Å². The molecule has 0 N–H and O–H groups in total. The molecule has 0 aliphatic heterocycles. The number of benzene rings is 1. The van der Waals surface area contributed by atoms with E-state index in [0.717, 1.165) is 11.3 Å². The Bertz CT molecular complexity index is 499. The highest BCUT2D eigenvalue weighted by Crippen LogP contribution is 2.23. The van der Waals surface area contributed by atoms with E-state index < -0.39 is 0 Å². The second-order valence-corrected chi connectivity index (χ2v) is 3.96. The Morgan fingerprint density at radius 2 is 2.19 bits per heavy atom. The topological polar surface area (TPSA) is 36.9 Å². The van der Waals surface area contributed by atoms with Gasteiger partial charge in [0.15, 0.2) is 0 Å². The second kappa shape index (κ2) is 4.87. The lowest BCUT2D eigenvalue weighted by molar-refractivity contribution is 0.501. The van der Waals surface area contributed by atoms with Crippen LogP contribution in [0.3, 0.4) is 0 Å². The van der Waals surface area contributed by atoms with Crippen molar-refractivity contribution >= 4 is 11.6 Å². The maximum atomic E-state index is 9.13. The molecule has 1 unspecified atom stereocenters. The van der Waals surface area contributed by atoms with Crippen molar-refractivity contribution in [1.82, 2.24) is 0 Å². The Kier molecular flexibility index (Phi) is 3.28. The highest BCUT2D eigenvalue weighted by molar-refractivity contribution is 6.30. The first-order valence-electron chi connectivity index (χ1n) is 4.97. The molecule has 0 spiro atoms. The fourth-order valence-corrected chi connectivity index (χ4v) is 1.79. The molecule has 0 bridgehead atoms. The van der Waals surface area contributed by atoms with Crippen molar-refractivity contribution in [2.75, 3.05) is 0 Å². The van der Waals surface area contributed by atoms with Gasteiger partial charge in [0.2, 0.25) is 0 Å². The molecule has 1 atom stereocenters. The van der Waals surface area contributed by atoms with Gasteiger partial charge >= 0.3 is 0 Å². The van der Waals surface area contributed by atoms with Gasteiger partial charge in [-0.15, -0.1) is 0 Å². The van der Waals surface area contributed by atoms with Gasteiger partial charge in [-0.05, 0) is 29.8 Å². The zero-order valence-electron chi connectivity index (χ0n) is 8.56. The van der Waals surface area contributed by atoms with Crippen molar-refractivity contribution in [3.8, 4) is 6.07 Å². The van der Waals surface area contributed by atoms with Gasteiger partial charge in [0.05, 0.1) is 18.3 Å². The lowest BCUT2D eigenvalue weighted by Gasteiger charge is -2.07. The van der Waals surface area contributed by atoms with Crippen LogP contribution in [0.2, 0.25) is 5.02 Å². The van der Waals surface area contributed by atoms with Crippen molar-refractivity contribution in [1.29, 1.82) is 5.26 Å². The van der Waals surface area contributed by atoms with Gasteiger partial charge in [0.25, 0.3) is 0 Å². The van der Waals surface area contributed by atoms with E-state index in [1.807, 2.05) is 30.3 Å². The van der Waals surface area contributed by atoms with Gasteiger partial charge in [-0.3, -0.25) is 0 Å². The number of rotatable bonds is 3. The number of hydrogen-bond acceptors (Lipinski definition) is 2. The van der Waals surface area contributed by atoms with E-state index in [1.54, 1.807) is 12.3 Å². The van der Waals surface area contributed by atoms with Crippen molar-refractivity contribution in [2.45, 2.75) is 12.3 Å². The molecular formula is C13H10ClNO. The van der Waals surface area contributed by atoms with E-state index >= 15 is 0 Å². The van der Waals surface area contributed by atoms with Gasteiger partial charge < -0.3 is 4.42 Å². The third kappa shape index (κ3) is 2.44. The predicted molar refractivity (Wildman–Crippen MR) is 62.2 cm³/mol. The summed E-state index contributed by atoms with van der Waals surface area (Å²) in [6, 6.07) is 13.3. The molecule has 0 radical (unpaired) electrons. The molecule has 0 amide bonds. The summed E-state index contributed by atoms with van der Waals surface area (Å²) < 4.78 is 5.23. The molecule has 0 saturated carbocycles. The predicted octanol–water partition coefficient (Wildman–Crippen LogP) is 3.78. The molecule has 2 rings (SSSR count). The first-order valence-corrected chi connectivity index (χ1v) is 5.35. The Morgan fingerprint density at radius 1 is 1.31 bits per heavy atom. The third-order valence-corrected chi connectivity index (χ3v) is 2.63. The first kappa shape index (κ1) is 10.8. The number of hydrogen-bond donors (Lipinski definition) is 0. The maximum Gasteiger partial charge on any atom is 0.105 e. The van der Waals surface area contributed by atoms with Gasteiger partial charge in [0, 0.05) is 11.4 Å². The number of nitriles is 1. The second-order valence-electron chi connectivity index (χ2n) is 3.52. The van der Waals surface area contributed by atoms with Crippen LogP contribution < -0.4 is 0 Å². The van der Waals surface area contributed by atoms with E-state index in [9.17, 15) is 0 Å². The lowest BCUT2D eigenvalue weighted by Crippen LogP contribution is -1.99. The molecule has 1 aromatic carbocycles. The largest absolute Gasteiger partial charge is 0.469 e. The van der Waals surface area contributed by atoms with Gasteiger partial charge in [-0.25, -0.2) is 0 Å². The highest BCUT2D eigenvalue weighted by atomic mass is 35.5. The van der Waals surface area contributed by atoms with E-state index in [4.69, 9.17) is 21.3 Å². The van der Waals surface area contributed by atoms with Gasteiger partial charge in [-0.2, -0.15) is 5.26 Å². The van der Waals surface area contributed by atoms with Crippen LogP contribution in [0.5, 0.6) is 0 Å². The molecule has 1 heterocycles. The molecule has 3 heteroatoms. The summed E-state index contributed by atoms with van der Waals surface area (Å²) >= 11 is 5.89. The Hall–Kier alpha value is -1.72. The SMILES string of the molecule is N#CC(Cc1ccco1)c1cccc(Cl)c1. The summed E-state index contributed by atoms with van der Waals surface area (Å²) in [5, 5.41) is 9.78. The summed E-state index contributed by atoms with van der Waals surface area (Å²) in [6.45, 7) is 0. The van der Waals surface area contributed by atoms with Crippen LogP contribution in [0.25, 0.3) is 0 Å². The molecule has 0 aliphatic carbocycles. The number of furan rings is 1. The standard InChI is InChI=1S/C13H10ClNO/c14-12-4-1-3-10(7-12)11(9-15)8-13-5-2-6-16-13/h1-7,11H,8H2. The van der Waals surface area contributed by atoms with Crippen LogP contribution in [0, 0.1) is 11.3 Å². The zero-order chi connectivity index (χ0) is 11.4. The van der Waals surface area contributed by atoms with E-state index in [2.05, 4.69) is 6.07 Å². The van der Waals surface area contributed by atoms with Crippen molar-refractivity contribution in [3.63, 3.8) is 0 Å². The molecule has 0 aliphatic rings. The average molecular weight is 232 g/mol. The normalized spacial score (nSPS) is 12.0. The molecule has 1 aromatic heterocycles. The van der Waals surface area contributed by atoms with Crippen LogP contribution in [-0.4, -0.2) is 0 Å². The van der Waals surface area contributed by atoms with Crippen molar-refractivity contribution < 1.29 is 4.42 Å². The van der Waals surface area contributed by atoms with Crippen LogP contribution in [0.1, 0.15) is 17.2 Å². The first-order chi connectivity index (χ1) is 7.79. The lowest BCUT2D eigenvalue weighted by atomic mass is 9.96. The minimum Gasteiger partial charge on any atom is -0.469 e. The highest BCUT2D eigenvalue weighted by Gasteiger charge is 2.13. The van der Waals surface area contributed by atoms with Crippen LogP contribution in [0.4, 0.5) is 0 Å². The number of halogens is 1. The summed E-state index contributed by atoms with van der Waals surface area (Å²) in [5.74, 6) is 0.594. The molecular weight excluding hydrogens is 222 g/mol. The quantitative estimate of drug-likeness (QED) is 0.806. The molecule has 16 heavy (non-hydrogen) atoms. The van der Waals surface area contributed by atoms with Crippen LogP contribution in [0.15, 0.2) is 47.1 Å². The smallest absolute Gasteiger partial charge is 0.105 e. The fraction of sp³-hybridized carbons (Fsp3) is 0.154. The minimum atomic E-state index is -0.218. The monoisotopic (exact) mass is 231 g/mol. The molecule has 0 saturated heterocycles. The van der Waals surface area contributed by atoms with E-state index in [1.165, 1.54) is 0 Å². The fourth-order valence-electron chi connectivity index (χ4n) is 1.59.